The van der Waals surface area contributed by atoms with Crippen LogP contribution in [0.15, 0.2) is 53.4 Å². The second-order valence-electron chi connectivity index (χ2n) is 6.84. The zero-order valence-electron chi connectivity index (χ0n) is 16.7. The number of carbonyl (C=O) groups excluding carboxylic acids is 3. The third-order valence-electron chi connectivity index (χ3n) is 5.04. The number of esters is 2. The van der Waals surface area contributed by atoms with Crippen molar-refractivity contribution in [3.8, 4) is 0 Å². The maximum atomic E-state index is 13.5. The number of benzene rings is 2. The van der Waals surface area contributed by atoms with Gasteiger partial charge in [-0.3, -0.25) is 14.4 Å². The second-order valence-corrected chi connectivity index (χ2v) is 8.73. The van der Waals surface area contributed by atoms with E-state index >= 15 is 0 Å². The van der Waals surface area contributed by atoms with Crippen LogP contribution < -0.4 is 0 Å². The van der Waals surface area contributed by atoms with Crippen LogP contribution in [-0.2, 0) is 29.1 Å². The normalized spacial score (nSPS) is 16.8. The smallest absolute Gasteiger partial charge is 0.322 e. The number of carbonyl (C=O) groups is 3. The van der Waals surface area contributed by atoms with Crippen molar-refractivity contribution in [3.05, 3.63) is 65.2 Å². The van der Waals surface area contributed by atoms with Gasteiger partial charge in [0.1, 0.15) is 0 Å². The molecule has 1 aliphatic heterocycles. The molecule has 8 nitrogen and oxygen atoms in total. The first kappa shape index (κ1) is 21.7. The molecule has 0 radical (unpaired) electrons. The summed E-state index contributed by atoms with van der Waals surface area (Å²) in [6.45, 7) is 1.28. The molecule has 0 N–H and O–H groups in total. The van der Waals surface area contributed by atoms with E-state index in [0.29, 0.717) is 0 Å². The van der Waals surface area contributed by atoms with Crippen LogP contribution in [0.25, 0.3) is 0 Å². The Morgan fingerprint density at radius 2 is 1.57 bits per heavy atom. The maximum absolute atomic E-state index is 13.5. The lowest BCUT2D eigenvalue weighted by atomic mass is 9.85. The third kappa shape index (κ3) is 3.73. The average Bonchev–Trinajstić information content (AvgIpc) is 2.75. The van der Waals surface area contributed by atoms with Crippen molar-refractivity contribution in [2.45, 2.75) is 17.9 Å². The number of sulfonamides is 1. The average molecular weight is 431 g/mol. The Balaban J connectivity index is 2.24. The van der Waals surface area contributed by atoms with Gasteiger partial charge in [0.05, 0.1) is 31.7 Å². The molecule has 1 atom stereocenters. The zero-order valence-corrected chi connectivity index (χ0v) is 17.5. The Hall–Kier alpha value is -3.04. The molecule has 158 valence electrons. The van der Waals surface area contributed by atoms with Gasteiger partial charge in [-0.2, -0.15) is 4.31 Å². The summed E-state index contributed by atoms with van der Waals surface area (Å²) >= 11 is 0. The van der Waals surface area contributed by atoms with Crippen LogP contribution in [0, 0.1) is 12.8 Å². The van der Waals surface area contributed by atoms with Crippen molar-refractivity contribution in [1.29, 1.82) is 0 Å². The van der Waals surface area contributed by atoms with Crippen LogP contribution in [0.5, 0.6) is 0 Å². The van der Waals surface area contributed by atoms with Crippen LogP contribution in [0.4, 0.5) is 0 Å². The summed E-state index contributed by atoms with van der Waals surface area (Å²) in [4.78, 5) is 37.7. The van der Waals surface area contributed by atoms with Crippen LogP contribution in [0.2, 0.25) is 0 Å². The lowest BCUT2D eigenvalue weighted by Crippen LogP contribution is -2.49. The first-order chi connectivity index (χ1) is 14.2. The summed E-state index contributed by atoms with van der Waals surface area (Å²) in [5.41, 5.74) is 1.34. The highest BCUT2D eigenvalue weighted by molar-refractivity contribution is 7.89. The molecule has 0 unspecified atom stereocenters. The van der Waals surface area contributed by atoms with E-state index in [2.05, 4.69) is 0 Å². The summed E-state index contributed by atoms with van der Waals surface area (Å²) in [6, 6.07) is 11.1. The fourth-order valence-electron chi connectivity index (χ4n) is 3.52. The minimum absolute atomic E-state index is 0.0567. The van der Waals surface area contributed by atoms with Gasteiger partial charge >= 0.3 is 11.9 Å². The Labute approximate surface area is 174 Å². The van der Waals surface area contributed by atoms with E-state index in [4.69, 9.17) is 9.47 Å². The van der Waals surface area contributed by atoms with Crippen LogP contribution in [-0.4, -0.2) is 51.2 Å². The van der Waals surface area contributed by atoms with Crippen molar-refractivity contribution in [1.82, 2.24) is 4.31 Å². The van der Waals surface area contributed by atoms with Crippen molar-refractivity contribution in [3.63, 3.8) is 0 Å². The van der Waals surface area contributed by atoms with Gasteiger partial charge in [-0.1, -0.05) is 42.0 Å². The number of hydrogen-bond donors (Lipinski definition) is 0. The number of aryl methyl sites for hydroxylation is 1. The molecule has 2 aromatic rings. The summed E-state index contributed by atoms with van der Waals surface area (Å²) in [5, 5.41) is 0. The van der Waals surface area contributed by atoms with E-state index in [1.54, 1.807) is 24.3 Å². The molecule has 0 fully saturated rings. The lowest BCUT2D eigenvalue weighted by Gasteiger charge is -2.37. The number of rotatable bonds is 5. The van der Waals surface area contributed by atoms with Gasteiger partial charge < -0.3 is 9.47 Å². The Kier molecular flexibility index (Phi) is 6.04. The van der Waals surface area contributed by atoms with E-state index < -0.39 is 46.2 Å². The molecule has 2 aromatic carbocycles. The first-order valence-electron chi connectivity index (χ1n) is 9.08. The van der Waals surface area contributed by atoms with Gasteiger partial charge in [-0.05, 0) is 24.6 Å². The monoisotopic (exact) mass is 431 g/mol. The van der Waals surface area contributed by atoms with Gasteiger partial charge in [0.2, 0.25) is 10.0 Å². The van der Waals surface area contributed by atoms with Crippen molar-refractivity contribution < 1.29 is 32.3 Å². The van der Waals surface area contributed by atoms with Crippen LogP contribution in [0.3, 0.4) is 0 Å². The molecule has 30 heavy (non-hydrogen) atoms. The molecule has 1 aliphatic rings. The molecular weight excluding hydrogens is 410 g/mol. The largest absolute Gasteiger partial charge is 0.468 e. The first-order valence-corrected chi connectivity index (χ1v) is 10.5. The molecule has 1 heterocycles. The summed E-state index contributed by atoms with van der Waals surface area (Å²) in [7, 11) is -2.05. The number of fused-ring (bicyclic) bond motifs is 1. The summed E-state index contributed by atoms with van der Waals surface area (Å²) in [5.74, 6) is -3.96. The van der Waals surface area contributed by atoms with E-state index in [9.17, 15) is 22.8 Å². The van der Waals surface area contributed by atoms with Gasteiger partial charge in [0, 0.05) is 5.56 Å². The SMILES string of the molecule is COC(=O)C(C(=O)OC)[C@@H]1c2ccccc2C(=O)CN1S(=O)(=O)c1ccc(C)cc1. The lowest BCUT2D eigenvalue weighted by molar-refractivity contribution is -0.161. The summed E-state index contributed by atoms with van der Waals surface area (Å²) < 4.78 is 37.3. The fraction of sp³-hybridized carbons (Fsp3) is 0.286. The number of nitrogens with zero attached hydrogens (tertiary/aromatic N) is 1. The molecule has 0 bridgehead atoms. The molecule has 0 saturated carbocycles. The number of methoxy groups -OCH3 is 2. The standard InChI is InChI=1S/C21H21NO7S/c1-13-8-10-14(11-9-13)30(26,27)22-12-17(23)15-6-4-5-7-16(15)19(22)18(20(24)28-2)21(25)29-3/h4-11,18-19H,12H2,1-3H3/t19-/m0/s1. The molecule has 0 amide bonds. The topological polar surface area (TPSA) is 107 Å². The van der Waals surface area contributed by atoms with E-state index in [1.165, 1.54) is 24.3 Å². The molecule has 0 spiro atoms. The van der Waals surface area contributed by atoms with E-state index in [1.807, 2.05) is 6.92 Å². The maximum Gasteiger partial charge on any atom is 0.322 e. The predicted molar refractivity (Wildman–Crippen MR) is 106 cm³/mol. The van der Waals surface area contributed by atoms with Crippen molar-refractivity contribution in [2.75, 3.05) is 20.8 Å². The number of Topliss-reactive ketones (excluding diaryl/α,β-unsaturated/α-hetero) is 1. The molecule has 0 aliphatic carbocycles. The highest BCUT2D eigenvalue weighted by Gasteiger charge is 2.49. The van der Waals surface area contributed by atoms with E-state index in [0.717, 1.165) is 24.1 Å². The van der Waals surface area contributed by atoms with Crippen molar-refractivity contribution in [2.24, 2.45) is 5.92 Å². The fourth-order valence-corrected chi connectivity index (χ4v) is 5.10. The van der Waals surface area contributed by atoms with Gasteiger partial charge in [-0.15, -0.1) is 0 Å². The molecule has 0 saturated heterocycles. The number of ether oxygens (including phenoxy) is 2. The van der Waals surface area contributed by atoms with Gasteiger partial charge in [0.15, 0.2) is 11.7 Å². The third-order valence-corrected chi connectivity index (χ3v) is 6.88. The molecule has 0 aromatic heterocycles. The minimum Gasteiger partial charge on any atom is -0.468 e. The predicted octanol–water partition coefficient (Wildman–Crippen LogP) is 1.89. The van der Waals surface area contributed by atoms with Gasteiger partial charge in [0.25, 0.3) is 0 Å². The highest BCUT2D eigenvalue weighted by Crippen LogP contribution is 2.40. The van der Waals surface area contributed by atoms with Crippen molar-refractivity contribution >= 4 is 27.7 Å². The molecule has 9 heteroatoms. The minimum atomic E-state index is -4.24. The number of ketones is 1. The Morgan fingerprint density at radius 1 is 1.00 bits per heavy atom. The summed E-state index contributed by atoms with van der Waals surface area (Å²) in [6.07, 6.45) is 0. The highest BCUT2D eigenvalue weighted by atomic mass is 32.2. The molecule has 3 rings (SSSR count). The van der Waals surface area contributed by atoms with Gasteiger partial charge in [-0.25, -0.2) is 8.42 Å². The zero-order chi connectivity index (χ0) is 22.1. The number of hydrogen-bond acceptors (Lipinski definition) is 7. The van der Waals surface area contributed by atoms with Crippen LogP contribution in [0.1, 0.15) is 27.5 Å². The van der Waals surface area contributed by atoms with E-state index in [-0.39, 0.29) is 16.0 Å². The van der Waals surface area contributed by atoms with Crippen LogP contribution >= 0.6 is 0 Å². The molecular formula is C21H21NO7S. The quantitative estimate of drug-likeness (QED) is 0.525. The second kappa shape index (κ2) is 8.37. The Bertz CT molecular complexity index is 1080. The Morgan fingerprint density at radius 3 is 2.13 bits per heavy atom.